The number of amides is 1. The number of ether oxygens (including phenoxy) is 3. The Bertz CT molecular complexity index is 532. The second-order valence-electron chi connectivity index (χ2n) is 4.17. The van der Waals surface area contributed by atoms with E-state index in [2.05, 4.69) is 4.74 Å². The lowest BCUT2D eigenvalue weighted by Crippen LogP contribution is -2.41. The molecular formula is C13H19N2O6+. The van der Waals surface area contributed by atoms with Crippen molar-refractivity contribution in [1.82, 2.24) is 0 Å². The molecule has 1 heterocycles. The van der Waals surface area contributed by atoms with Crippen LogP contribution in [0.4, 0.5) is 5.69 Å². The molecule has 1 amide bonds. The van der Waals surface area contributed by atoms with Gasteiger partial charge in [-0.25, -0.2) is 4.79 Å². The average Bonchev–Trinajstić information content (AvgIpc) is 2.45. The number of esters is 1. The minimum absolute atomic E-state index is 0.172. The molecule has 0 aliphatic carbocycles. The van der Waals surface area contributed by atoms with E-state index in [1.54, 1.807) is 0 Å². The van der Waals surface area contributed by atoms with Crippen LogP contribution in [0.15, 0.2) is 12.3 Å². The summed E-state index contributed by atoms with van der Waals surface area (Å²) in [6.07, 6.45) is 1.21. The molecule has 8 heteroatoms. The highest BCUT2D eigenvalue weighted by Crippen LogP contribution is 2.23. The third-order valence-corrected chi connectivity index (χ3v) is 2.77. The molecule has 21 heavy (non-hydrogen) atoms. The van der Waals surface area contributed by atoms with E-state index in [-0.39, 0.29) is 29.6 Å². The largest absolute Gasteiger partial charge is 0.485 e. The predicted molar refractivity (Wildman–Crippen MR) is 71.6 cm³/mol. The summed E-state index contributed by atoms with van der Waals surface area (Å²) in [5.74, 6) is -0.802. The van der Waals surface area contributed by atoms with Crippen molar-refractivity contribution in [2.75, 3.05) is 39.4 Å². The molecule has 0 aliphatic rings. The SMILES string of the molecule is COCCOc1cc(N(C)C(C)=O)c(C(=O)OC)[n+](O)c1. The molecule has 116 valence electrons. The summed E-state index contributed by atoms with van der Waals surface area (Å²) >= 11 is 0. The van der Waals surface area contributed by atoms with Crippen LogP contribution in [0.2, 0.25) is 0 Å². The van der Waals surface area contributed by atoms with Gasteiger partial charge in [-0.3, -0.25) is 10.0 Å². The van der Waals surface area contributed by atoms with Crippen molar-refractivity contribution in [2.45, 2.75) is 6.92 Å². The molecule has 0 aromatic carbocycles. The van der Waals surface area contributed by atoms with Gasteiger partial charge >= 0.3 is 11.7 Å². The molecule has 0 aliphatic heterocycles. The fourth-order valence-electron chi connectivity index (χ4n) is 1.58. The van der Waals surface area contributed by atoms with E-state index in [0.717, 1.165) is 0 Å². The van der Waals surface area contributed by atoms with E-state index in [0.29, 0.717) is 11.3 Å². The van der Waals surface area contributed by atoms with Gasteiger partial charge in [-0.15, -0.1) is 0 Å². The van der Waals surface area contributed by atoms with Crippen LogP contribution in [0.3, 0.4) is 0 Å². The summed E-state index contributed by atoms with van der Waals surface area (Å²) in [6, 6.07) is 1.47. The van der Waals surface area contributed by atoms with Crippen molar-refractivity contribution >= 4 is 17.6 Å². The zero-order valence-electron chi connectivity index (χ0n) is 12.5. The summed E-state index contributed by atoms with van der Waals surface area (Å²) in [5.41, 5.74) is 0.000980. The molecular weight excluding hydrogens is 280 g/mol. The summed E-state index contributed by atoms with van der Waals surface area (Å²) < 4.78 is 15.4. The Morgan fingerprint density at radius 1 is 1.33 bits per heavy atom. The first-order chi connectivity index (χ1) is 9.92. The maximum atomic E-state index is 11.8. The molecule has 0 fully saturated rings. The molecule has 8 nitrogen and oxygen atoms in total. The molecule has 0 radical (unpaired) electrons. The van der Waals surface area contributed by atoms with Crippen molar-refractivity contribution in [3.8, 4) is 5.75 Å². The number of aromatic nitrogens is 1. The molecule has 1 aromatic heterocycles. The molecule has 1 aromatic rings. The summed E-state index contributed by atoms with van der Waals surface area (Å²) in [5, 5.41) is 9.93. The molecule has 0 atom stereocenters. The monoisotopic (exact) mass is 299 g/mol. The van der Waals surface area contributed by atoms with Gasteiger partial charge in [0, 0.05) is 31.9 Å². The van der Waals surface area contributed by atoms with Gasteiger partial charge in [-0.1, -0.05) is 0 Å². The molecule has 0 saturated heterocycles. The van der Waals surface area contributed by atoms with Gasteiger partial charge < -0.3 is 19.1 Å². The molecule has 0 bridgehead atoms. The number of pyridine rings is 1. The van der Waals surface area contributed by atoms with Gasteiger partial charge in [0.15, 0.2) is 5.75 Å². The maximum Gasteiger partial charge on any atom is 0.410 e. The van der Waals surface area contributed by atoms with E-state index >= 15 is 0 Å². The van der Waals surface area contributed by atoms with Crippen LogP contribution in [0, 0.1) is 0 Å². The van der Waals surface area contributed by atoms with Gasteiger partial charge in [0.05, 0.1) is 13.7 Å². The lowest BCUT2D eigenvalue weighted by atomic mass is 10.2. The van der Waals surface area contributed by atoms with Crippen LogP contribution in [0.25, 0.3) is 0 Å². The Morgan fingerprint density at radius 2 is 2.00 bits per heavy atom. The van der Waals surface area contributed by atoms with Crippen LogP contribution >= 0.6 is 0 Å². The Labute approximate surface area is 122 Å². The van der Waals surface area contributed by atoms with Crippen LogP contribution in [0.5, 0.6) is 5.75 Å². The molecule has 0 unspecified atom stereocenters. The van der Waals surface area contributed by atoms with E-state index in [1.807, 2.05) is 0 Å². The van der Waals surface area contributed by atoms with Crippen molar-refractivity contribution in [3.63, 3.8) is 0 Å². The van der Waals surface area contributed by atoms with Crippen LogP contribution in [-0.2, 0) is 14.3 Å². The zero-order valence-corrected chi connectivity index (χ0v) is 12.5. The number of hydrogen-bond donors (Lipinski definition) is 1. The van der Waals surface area contributed by atoms with E-state index in [4.69, 9.17) is 9.47 Å². The van der Waals surface area contributed by atoms with Crippen molar-refractivity contribution < 1.29 is 33.7 Å². The van der Waals surface area contributed by atoms with E-state index < -0.39 is 5.97 Å². The lowest BCUT2D eigenvalue weighted by Gasteiger charge is -2.16. The predicted octanol–water partition coefficient (Wildman–Crippen LogP) is 0.00590. The maximum absolute atomic E-state index is 11.8. The van der Waals surface area contributed by atoms with Gasteiger partial charge in [-0.2, -0.15) is 0 Å². The molecule has 0 spiro atoms. The number of nitrogens with zero attached hydrogens (tertiary/aromatic N) is 2. The Balaban J connectivity index is 3.25. The number of anilines is 1. The van der Waals surface area contributed by atoms with Gasteiger partial charge in [0.25, 0.3) is 6.20 Å². The molecule has 0 saturated carbocycles. The highest BCUT2D eigenvalue weighted by molar-refractivity contribution is 5.99. The average molecular weight is 299 g/mol. The molecule has 1 rings (SSSR count). The van der Waals surface area contributed by atoms with Crippen molar-refractivity contribution in [2.24, 2.45) is 0 Å². The minimum Gasteiger partial charge on any atom is -0.485 e. The summed E-state index contributed by atoms with van der Waals surface area (Å²) in [7, 11) is 4.19. The third-order valence-electron chi connectivity index (χ3n) is 2.77. The quantitative estimate of drug-likeness (QED) is 0.344. The van der Waals surface area contributed by atoms with E-state index in [9.17, 15) is 14.8 Å². The highest BCUT2D eigenvalue weighted by Gasteiger charge is 2.31. The summed E-state index contributed by atoms with van der Waals surface area (Å²) in [6.45, 7) is 1.96. The van der Waals surface area contributed by atoms with Crippen LogP contribution in [-0.4, -0.2) is 51.6 Å². The van der Waals surface area contributed by atoms with Gasteiger partial charge in [-0.05, 0) is 0 Å². The van der Waals surface area contributed by atoms with E-state index in [1.165, 1.54) is 45.4 Å². The van der Waals surface area contributed by atoms with Gasteiger partial charge in [0.2, 0.25) is 5.91 Å². The normalized spacial score (nSPS) is 10.1. The van der Waals surface area contributed by atoms with Gasteiger partial charge in [0.1, 0.15) is 12.3 Å². The van der Waals surface area contributed by atoms with Crippen LogP contribution in [0.1, 0.15) is 17.4 Å². The van der Waals surface area contributed by atoms with Crippen LogP contribution < -0.4 is 14.4 Å². The number of carbonyl (C=O) groups is 2. The number of methoxy groups -OCH3 is 2. The van der Waals surface area contributed by atoms with Crippen molar-refractivity contribution in [3.05, 3.63) is 18.0 Å². The fraction of sp³-hybridized carbons (Fsp3) is 0.462. The Hall–Kier alpha value is -2.35. The highest BCUT2D eigenvalue weighted by atomic mass is 16.5. The fourth-order valence-corrected chi connectivity index (χ4v) is 1.58. The zero-order chi connectivity index (χ0) is 16.0. The third kappa shape index (κ3) is 4.06. The second kappa shape index (κ2) is 7.44. The minimum atomic E-state index is -0.774. The lowest BCUT2D eigenvalue weighted by molar-refractivity contribution is -0.905. The smallest absolute Gasteiger partial charge is 0.410 e. The first kappa shape index (κ1) is 16.7. The summed E-state index contributed by atoms with van der Waals surface area (Å²) in [4.78, 5) is 24.5. The topological polar surface area (TPSA) is 89.2 Å². The number of rotatable bonds is 6. The molecule has 1 N–H and O–H groups in total. The second-order valence-corrected chi connectivity index (χ2v) is 4.17. The van der Waals surface area contributed by atoms with Crippen molar-refractivity contribution in [1.29, 1.82) is 0 Å². The Morgan fingerprint density at radius 3 is 2.52 bits per heavy atom. The standard InChI is InChI=1S/C13H19N2O6/c1-9(16)14(2)11-7-10(21-6-5-19-3)8-15(18)12(11)13(17)20-4/h7-8,18H,5-6H2,1-4H3/q+1. The first-order valence-electron chi connectivity index (χ1n) is 6.15. The number of carbonyl (C=O) groups excluding carboxylic acids is 2. The Kier molecular flexibility index (Phi) is 5.92. The number of hydrogen-bond acceptors (Lipinski definition) is 6. The first-order valence-corrected chi connectivity index (χ1v) is 6.15.